The maximum atomic E-state index is 10.3. The summed E-state index contributed by atoms with van der Waals surface area (Å²) in [5.41, 5.74) is 0. The zero-order valence-electron chi connectivity index (χ0n) is 12.8. The summed E-state index contributed by atoms with van der Waals surface area (Å²) in [7, 11) is 0. The van der Waals surface area contributed by atoms with Crippen LogP contribution >= 0.6 is 0 Å². The van der Waals surface area contributed by atoms with Crippen LogP contribution in [0.15, 0.2) is 74.9 Å². The molecule has 3 heteroatoms. The van der Waals surface area contributed by atoms with Gasteiger partial charge in [-0.15, -0.1) is 13.2 Å². The number of hydrogen-bond acceptors (Lipinski definition) is 3. The molecule has 0 heterocycles. The number of benzene rings is 1. The second kappa shape index (κ2) is 26.1. The first-order valence-electron chi connectivity index (χ1n) is 6.52. The van der Waals surface area contributed by atoms with Gasteiger partial charge in [-0.2, -0.15) is 5.26 Å². The number of allylic oxidation sites excluding steroid dienone is 1. The smallest absolute Gasteiger partial charge is 0.330 e. The molecule has 21 heavy (non-hydrogen) atoms. The molecule has 0 N–H and O–H groups in total. The predicted molar refractivity (Wildman–Crippen MR) is 89.6 cm³/mol. The van der Waals surface area contributed by atoms with Crippen molar-refractivity contribution >= 4 is 5.97 Å². The summed E-state index contributed by atoms with van der Waals surface area (Å²) < 4.78 is 4.67. The molecule has 0 aromatic heterocycles. The van der Waals surface area contributed by atoms with Crippen molar-refractivity contribution in [2.75, 3.05) is 6.61 Å². The Morgan fingerprint density at radius 3 is 1.76 bits per heavy atom. The van der Waals surface area contributed by atoms with Gasteiger partial charge in [-0.3, -0.25) is 0 Å². The Labute approximate surface area is 128 Å². The van der Waals surface area contributed by atoms with Crippen LogP contribution in [0.3, 0.4) is 0 Å². The molecule has 0 spiro atoms. The van der Waals surface area contributed by atoms with Crippen molar-refractivity contribution in [3.05, 3.63) is 74.9 Å². The molecule has 0 amide bonds. The fraction of sp³-hybridized carbons (Fsp3) is 0.222. The molecule has 3 nitrogen and oxygen atoms in total. The summed E-state index contributed by atoms with van der Waals surface area (Å²) in [6, 6.07) is 13.7. The summed E-state index contributed by atoms with van der Waals surface area (Å²) in [6.45, 7) is 14.9. The summed E-state index contributed by atoms with van der Waals surface area (Å²) in [4.78, 5) is 10.3. The van der Waals surface area contributed by atoms with E-state index in [0.717, 1.165) is 12.8 Å². The number of carbonyl (C=O) groups is 1. The largest absolute Gasteiger partial charge is 0.463 e. The third kappa shape index (κ3) is 31.8. The highest BCUT2D eigenvalue weighted by molar-refractivity contribution is 5.81. The molecule has 114 valence electrons. The Hall–Kier alpha value is -2.60. The minimum absolute atomic E-state index is 0.330. The fourth-order valence-corrected chi connectivity index (χ4v) is 0.761. The number of esters is 1. The van der Waals surface area contributed by atoms with Gasteiger partial charge >= 0.3 is 5.97 Å². The summed E-state index contributed by atoms with van der Waals surface area (Å²) in [5.74, 6) is -0.330. The van der Waals surface area contributed by atoms with Crippen LogP contribution in [-0.2, 0) is 9.53 Å². The van der Waals surface area contributed by atoms with Gasteiger partial charge in [0.05, 0.1) is 12.7 Å². The summed E-state index contributed by atoms with van der Waals surface area (Å²) in [5, 5.41) is 7.51. The van der Waals surface area contributed by atoms with E-state index in [2.05, 4.69) is 31.1 Å². The van der Waals surface area contributed by atoms with Crippen molar-refractivity contribution in [3.8, 4) is 6.07 Å². The maximum absolute atomic E-state index is 10.3. The maximum Gasteiger partial charge on any atom is 0.330 e. The summed E-state index contributed by atoms with van der Waals surface area (Å²) in [6.07, 6.45) is 4.33. The molecule has 0 aliphatic rings. The molecule has 0 bridgehead atoms. The van der Waals surface area contributed by atoms with E-state index in [4.69, 9.17) is 5.26 Å². The van der Waals surface area contributed by atoms with Crippen molar-refractivity contribution in [1.29, 1.82) is 5.26 Å². The molecular formula is C18H25NO2. The second-order valence-corrected chi connectivity index (χ2v) is 3.21. The molecule has 0 unspecified atom stereocenters. The van der Waals surface area contributed by atoms with Crippen LogP contribution in [0, 0.1) is 11.3 Å². The van der Waals surface area contributed by atoms with Crippen LogP contribution < -0.4 is 0 Å². The minimum atomic E-state index is -0.330. The topological polar surface area (TPSA) is 50.1 Å². The third-order valence-electron chi connectivity index (χ3n) is 1.67. The van der Waals surface area contributed by atoms with Crippen molar-refractivity contribution in [3.63, 3.8) is 0 Å². The highest BCUT2D eigenvalue weighted by Gasteiger charge is 1.91. The van der Waals surface area contributed by atoms with E-state index >= 15 is 0 Å². The van der Waals surface area contributed by atoms with E-state index < -0.39 is 0 Å². The Morgan fingerprint density at radius 2 is 1.52 bits per heavy atom. The number of carbonyl (C=O) groups excluding carboxylic acids is 1. The zero-order chi connectivity index (χ0) is 16.8. The van der Waals surface area contributed by atoms with Gasteiger partial charge in [0, 0.05) is 12.2 Å². The van der Waals surface area contributed by atoms with Gasteiger partial charge < -0.3 is 4.74 Å². The lowest BCUT2D eigenvalue weighted by Gasteiger charge is -1.97. The molecule has 0 aliphatic heterocycles. The zero-order valence-corrected chi connectivity index (χ0v) is 12.8. The molecule has 0 saturated carbocycles. The average molecular weight is 287 g/mol. The number of hydrogen-bond donors (Lipinski definition) is 0. The van der Waals surface area contributed by atoms with Crippen molar-refractivity contribution in [2.24, 2.45) is 0 Å². The molecule has 1 rings (SSSR count). The first kappa shape index (κ1) is 23.5. The van der Waals surface area contributed by atoms with Crippen LogP contribution in [0.4, 0.5) is 0 Å². The molecular weight excluding hydrogens is 262 g/mol. The Balaban J connectivity index is -0.000000233. The second-order valence-electron chi connectivity index (χ2n) is 3.21. The highest BCUT2D eigenvalue weighted by atomic mass is 16.5. The van der Waals surface area contributed by atoms with Crippen LogP contribution in [0.1, 0.15) is 19.8 Å². The minimum Gasteiger partial charge on any atom is -0.463 e. The van der Waals surface area contributed by atoms with E-state index in [0.29, 0.717) is 6.61 Å². The number of ether oxygens (including phenoxy) is 1. The first-order valence-corrected chi connectivity index (χ1v) is 6.52. The van der Waals surface area contributed by atoms with Crippen LogP contribution in [-0.4, -0.2) is 12.6 Å². The average Bonchev–Trinajstić information content (AvgIpc) is 2.59. The lowest BCUT2D eigenvalue weighted by Crippen LogP contribution is -2.00. The lowest BCUT2D eigenvalue weighted by molar-refractivity contribution is -0.137. The van der Waals surface area contributed by atoms with Gasteiger partial charge in [-0.1, -0.05) is 62.9 Å². The Bertz CT molecular complexity index is 353. The first-order chi connectivity index (χ1) is 10.2. The Kier molecular flexibility index (Phi) is 29.2. The molecule has 0 radical (unpaired) electrons. The van der Waals surface area contributed by atoms with E-state index in [1.165, 1.54) is 12.2 Å². The molecule has 0 saturated heterocycles. The van der Waals surface area contributed by atoms with Gasteiger partial charge in [0.15, 0.2) is 0 Å². The van der Waals surface area contributed by atoms with Crippen molar-refractivity contribution in [1.82, 2.24) is 0 Å². The fourth-order valence-electron chi connectivity index (χ4n) is 0.761. The van der Waals surface area contributed by atoms with E-state index in [1.807, 2.05) is 43.3 Å². The Morgan fingerprint density at radius 1 is 1.14 bits per heavy atom. The predicted octanol–water partition coefficient (Wildman–Crippen LogP) is 4.70. The quantitative estimate of drug-likeness (QED) is 0.265. The van der Waals surface area contributed by atoms with Crippen LogP contribution in [0.25, 0.3) is 0 Å². The molecule has 1 aromatic rings. The van der Waals surface area contributed by atoms with Crippen molar-refractivity contribution < 1.29 is 9.53 Å². The van der Waals surface area contributed by atoms with Crippen molar-refractivity contribution in [2.45, 2.75) is 19.8 Å². The molecule has 0 aliphatic carbocycles. The van der Waals surface area contributed by atoms with Crippen LogP contribution in [0.5, 0.6) is 0 Å². The number of nitrogens with zero attached hydrogens (tertiary/aromatic N) is 1. The lowest BCUT2D eigenvalue weighted by atomic mass is 10.4. The van der Waals surface area contributed by atoms with Gasteiger partial charge in [-0.05, 0) is 6.42 Å². The van der Waals surface area contributed by atoms with E-state index in [1.54, 1.807) is 6.07 Å². The van der Waals surface area contributed by atoms with E-state index in [9.17, 15) is 4.79 Å². The standard InChI is InChI=1S/C7H12O2.C6H6.C3H3N.C2H4/c1-3-5-6-9-7(8)4-2;1-2-4-6-5-3-1;1-2-3-4;1-2/h4H,2-3,5-6H2,1H3;1-6H;2H,1H2;1-2H2. The molecule has 1 aromatic carbocycles. The highest BCUT2D eigenvalue weighted by Crippen LogP contribution is 1.88. The molecule has 0 fully saturated rings. The molecule has 0 atom stereocenters. The number of nitriles is 1. The summed E-state index contributed by atoms with van der Waals surface area (Å²) >= 11 is 0. The van der Waals surface area contributed by atoms with Gasteiger partial charge in [0.1, 0.15) is 0 Å². The SMILES string of the molecule is C=C.C=CC#N.C=CC(=O)OCCCC.c1ccccc1. The number of rotatable bonds is 4. The van der Waals surface area contributed by atoms with Crippen LogP contribution in [0.2, 0.25) is 0 Å². The number of unbranched alkanes of at least 4 members (excludes halogenated alkanes) is 1. The monoisotopic (exact) mass is 287 g/mol. The van der Waals surface area contributed by atoms with E-state index in [-0.39, 0.29) is 5.97 Å². The van der Waals surface area contributed by atoms with Gasteiger partial charge in [0.25, 0.3) is 0 Å². The normalized spacial score (nSPS) is 6.86. The third-order valence-corrected chi connectivity index (χ3v) is 1.67. The van der Waals surface area contributed by atoms with Gasteiger partial charge in [0.2, 0.25) is 0 Å². The van der Waals surface area contributed by atoms with Gasteiger partial charge in [-0.25, -0.2) is 4.79 Å².